The van der Waals surface area contributed by atoms with Gasteiger partial charge in [0.05, 0.1) is 0 Å². The highest BCUT2D eigenvalue weighted by Crippen LogP contribution is 2.15. The molecule has 0 saturated heterocycles. The summed E-state index contributed by atoms with van der Waals surface area (Å²) in [4.78, 5) is 1.54. The summed E-state index contributed by atoms with van der Waals surface area (Å²) in [7, 11) is 2.12. The van der Waals surface area contributed by atoms with E-state index in [0.29, 0.717) is 0 Å². The van der Waals surface area contributed by atoms with Gasteiger partial charge in [-0.15, -0.1) is 11.3 Å². The molecule has 0 aliphatic carbocycles. The van der Waals surface area contributed by atoms with Gasteiger partial charge in [-0.2, -0.15) is 0 Å². The van der Waals surface area contributed by atoms with E-state index in [1.165, 1.54) is 75.5 Å². The summed E-state index contributed by atoms with van der Waals surface area (Å²) in [5.41, 5.74) is 0. The summed E-state index contributed by atoms with van der Waals surface area (Å²) < 4.78 is 0. The van der Waals surface area contributed by atoms with Crippen LogP contribution in [-0.2, 0) is 6.42 Å². The zero-order chi connectivity index (χ0) is 14.5. The molecule has 20 heavy (non-hydrogen) atoms. The number of nitrogens with one attached hydrogen (secondary N) is 1. The fraction of sp³-hybridized carbons (Fsp3) is 0.778. The van der Waals surface area contributed by atoms with Crippen LogP contribution >= 0.6 is 11.3 Å². The van der Waals surface area contributed by atoms with E-state index in [1.807, 2.05) is 11.3 Å². The minimum atomic E-state index is 0.727. The molecule has 2 heteroatoms. The van der Waals surface area contributed by atoms with Crippen LogP contribution in [0.1, 0.15) is 76.0 Å². The van der Waals surface area contributed by atoms with Crippen molar-refractivity contribution in [3.63, 3.8) is 0 Å². The molecule has 1 unspecified atom stereocenters. The SMILES string of the molecule is CCCCCCCCCC(CCCc1cccs1)NC. The molecule has 1 nitrogen and oxygen atoms in total. The largest absolute Gasteiger partial charge is 0.317 e. The molecule has 0 spiro atoms. The molecule has 1 rings (SSSR count). The molecule has 1 heterocycles. The first-order valence-corrected chi connectivity index (χ1v) is 9.44. The lowest BCUT2D eigenvalue weighted by Crippen LogP contribution is -2.25. The molecule has 1 atom stereocenters. The Bertz CT molecular complexity index is 294. The topological polar surface area (TPSA) is 12.0 Å². The maximum atomic E-state index is 3.50. The highest BCUT2D eigenvalue weighted by Gasteiger charge is 2.06. The predicted octanol–water partition coefficient (Wildman–Crippen LogP) is 5.80. The summed E-state index contributed by atoms with van der Waals surface area (Å²) in [6, 6.07) is 5.15. The van der Waals surface area contributed by atoms with Crippen LogP contribution in [0.4, 0.5) is 0 Å². The van der Waals surface area contributed by atoms with E-state index in [9.17, 15) is 0 Å². The van der Waals surface area contributed by atoms with Gasteiger partial charge in [-0.3, -0.25) is 0 Å². The molecular formula is C18H33NS. The molecule has 0 saturated carbocycles. The molecule has 1 N–H and O–H groups in total. The minimum Gasteiger partial charge on any atom is -0.317 e. The number of rotatable bonds is 13. The fourth-order valence-corrected chi connectivity index (χ4v) is 3.51. The normalized spacial score (nSPS) is 12.7. The van der Waals surface area contributed by atoms with Gasteiger partial charge in [0.1, 0.15) is 0 Å². The smallest absolute Gasteiger partial charge is 0.00641 e. The van der Waals surface area contributed by atoms with Gasteiger partial charge in [-0.1, -0.05) is 57.9 Å². The summed E-state index contributed by atoms with van der Waals surface area (Å²) >= 11 is 1.89. The number of thiophene rings is 1. The van der Waals surface area contributed by atoms with Gasteiger partial charge in [0.2, 0.25) is 0 Å². The molecule has 0 bridgehead atoms. The van der Waals surface area contributed by atoms with Crippen molar-refractivity contribution >= 4 is 11.3 Å². The maximum Gasteiger partial charge on any atom is 0.00641 e. The minimum absolute atomic E-state index is 0.727. The highest BCUT2D eigenvalue weighted by atomic mass is 32.1. The van der Waals surface area contributed by atoms with Gasteiger partial charge in [0, 0.05) is 10.9 Å². The number of aryl methyl sites for hydroxylation is 1. The first-order valence-electron chi connectivity index (χ1n) is 8.56. The molecule has 0 aromatic carbocycles. The van der Waals surface area contributed by atoms with E-state index in [-0.39, 0.29) is 0 Å². The average Bonchev–Trinajstić information content (AvgIpc) is 2.97. The third kappa shape index (κ3) is 8.76. The Labute approximate surface area is 130 Å². The van der Waals surface area contributed by atoms with Crippen molar-refractivity contribution in [2.75, 3.05) is 7.05 Å². The van der Waals surface area contributed by atoms with Crippen molar-refractivity contribution in [2.45, 2.75) is 83.6 Å². The summed E-state index contributed by atoms with van der Waals surface area (Å²) in [5, 5.41) is 5.68. The second-order valence-electron chi connectivity index (χ2n) is 5.87. The molecule has 0 radical (unpaired) electrons. The van der Waals surface area contributed by atoms with Gasteiger partial charge in [-0.05, 0) is 44.2 Å². The molecule has 0 amide bonds. The van der Waals surface area contributed by atoms with Crippen molar-refractivity contribution in [3.05, 3.63) is 22.4 Å². The van der Waals surface area contributed by atoms with Crippen LogP contribution in [0.15, 0.2) is 17.5 Å². The van der Waals surface area contributed by atoms with Crippen molar-refractivity contribution < 1.29 is 0 Å². The van der Waals surface area contributed by atoms with Crippen molar-refractivity contribution in [3.8, 4) is 0 Å². The van der Waals surface area contributed by atoms with Crippen LogP contribution in [0.2, 0.25) is 0 Å². The number of hydrogen-bond donors (Lipinski definition) is 1. The third-order valence-corrected chi connectivity index (χ3v) is 5.06. The van der Waals surface area contributed by atoms with E-state index in [4.69, 9.17) is 0 Å². The van der Waals surface area contributed by atoms with Crippen LogP contribution in [0.5, 0.6) is 0 Å². The average molecular weight is 296 g/mol. The van der Waals surface area contributed by atoms with E-state index >= 15 is 0 Å². The Morgan fingerprint density at radius 1 is 1.00 bits per heavy atom. The van der Waals surface area contributed by atoms with E-state index < -0.39 is 0 Å². The van der Waals surface area contributed by atoms with Crippen molar-refractivity contribution in [2.24, 2.45) is 0 Å². The second-order valence-corrected chi connectivity index (χ2v) is 6.90. The van der Waals surface area contributed by atoms with Crippen LogP contribution in [-0.4, -0.2) is 13.1 Å². The highest BCUT2D eigenvalue weighted by molar-refractivity contribution is 7.09. The molecule has 116 valence electrons. The first kappa shape index (κ1) is 17.7. The Morgan fingerprint density at radius 3 is 2.35 bits per heavy atom. The van der Waals surface area contributed by atoms with Gasteiger partial charge >= 0.3 is 0 Å². The zero-order valence-electron chi connectivity index (χ0n) is 13.5. The number of hydrogen-bond acceptors (Lipinski definition) is 2. The summed E-state index contributed by atoms with van der Waals surface area (Å²) in [6.45, 7) is 2.29. The Hall–Kier alpha value is -0.340. The Morgan fingerprint density at radius 2 is 1.70 bits per heavy atom. The molecule has 1 aromatic rings. The Balaban J connectivity index is 1.96. The van der Waals surface area contributed by atoms with Gasteiger partial charge in [0.25, 0.3) is 0 Å². The Kier molecular flexibility index (Phi) is 11.0. The van der Waals surface area contributed by atoms with Gasteiger partial charge < -0.3 is 5.32 Å². The van der Waals surface area contributed by atoms with Gasteiger partial charge in [-0.25, -0.2) is 0 Å². The van der Waals surface area contributed by atoms with Crippen LogP contribution < -0.4 is 5.32 Å². The molecule has 0 fully saturated rings. The molecule has 0 aliphatic rings. The summed E-state index contributed by atoms with van der Waals surface area (Å²) in [5.74, 6) is 0. The van der Waals surface area contributed by atoms with E-state index in [2.05, 4.69) is 36.8 Å². The lowest BCUT2D eigenvalue weighted by molar-refractivity contribution is 0.447. The first-order chi connectivity index (χ1) is 9.86. The van der Waals surface area contributed by atoms with Gasteiger partial charge in [0.15, 0.2) is 0 Å². The molecular weight excluding hydrogens is 262 g/mol. The third-order valence-electron chi connectivity index (χ3n) is 4.12. The van der Waals surface area contributed by atoms with Crippen molar-refractivity contribution in [1.82, 2.24) is 5.32 Å². The monoisotopic (exact) mass is 295 g/mol. The fourth-order valence-electron chi connectivity index (χ4n) is 2.76. The maximum absolute atomic E-state index is 3.50. The molecule has 0 aliphatic heterocycles. The lowest BCUT2D eigenvalue weighted by atomic mass is 10.0. The summed E-state index contributed by atoms with van der Waals surface area (Å²) in [6.07, 6.45) is 15.2. The quantitative estimate of drug-likeness (QED) is 0.453. The standard InChI is InChI=1S/C18H33NS/c1-3-4-5-6-7-8-9-12-17(19-2)13-10-14-18-15-11-16-20-18/h11,15-17,19H,3-10,12-14H2,1-2H3. The lowest BCUT2D eigenvalue weighted by Gasteiger charge is -2.15. The van der Waals surface area contributed by atoms with Crippen molar-refractivity contribution in [1.29, 1.82) is 0 Å². The number of unbranched alkanes of at least 4 members (excludes halogenated alkanes) is 6. The predicted molar refractivity (Wildman–Crippen MR) is 92.7 cm³/mol. The van der Waals surface area contributed by atoms with Crippen LogP contribution in [0.3, 0.4) is 0 Å². The van der Waals surface area contributed by atoms with Crippen LogP contribution in [0.25, 0.3) is 0 Å². The zero-order valence-corrected chi connectivity index (χ0v) is 14.3. The second kappa shape index (κ2) is 12.4. The van der Waals surface area contributed by atoms with E-state index in [0.717, 1.165) is 6.04 Å². The van der Waals surface area contributed by atoms with Crippen LogP contribution in [0, 0.1) is 0 Å². The molecule has 1 aromatic heterocycles. The van der Waals surface area contributed by atoms with E-state index in [1.54, 1.807) is 0 Å².